The van der Waals surface area contributed by atoms with Crippen LogP contribution in [0.5, 0.6) is 0 Å². The number of imide groups is 1. The Kier molecular flexibility index (Phi) is 4.59. The van der Waals surface area contributed by atoms with Crippen LogP contribution < -0.4 is 5.32 Å². The first-order valence-electron chi connectivity index (χ1n) is 8.97. The van der Waals surface area contributed by atoms with E-state index in [0.29, 0.717) is 23.2 Å². The molecule has 1 aromatic heterocycles. The number of fused-ring (bicyclic) bond motifs is 1. The maximum absolute atomic E-state index is 12.8. The number of carbonyl (C=O) groups is 3. The molecule has 1 aromatic carbocycles. The molecule has 134 valence electrons. The van der Waals surface area contributed by atoms with Crippen molar-refractivity contribution in [2.45, 2.75) is 44.6 Å². The van der Waals surface area contributed by atoms with Gasteiger partial charge in [-0.3, -0.25) is 19.3 Å². The molecule has 0 atom stereocenters. The van der Waals surface area contributed by atoms with Gasteiger partial charge in [-0.25, -0.2) is 0 Å². The minimum Gasteiger partial charge on any atom is -0.326 e. The number of rotatable bonds is 4. The quantitative estimate of drug-likeness (QED) is 0.834. The Labute approximate surface area is 156 Å². The van der Waals surface area contributed by atoms with Crippen molar-refractivity contribution >= 4 is 34.7 Å². The summed E-state index contributed by atoms with van der Waals surface area (Å²) in [5.74, 6) is -0.562. The third-order valence-electron chi connectivity index (χ3n) is 5.06. The van der Waals surface area contributed by atoms with Crippen molar-refractivity contribution in [1.82, 2.24) is 4.90 Å². The van der Waals surface area contributed by atoms with Gasteiger partial charge in [0.15, 0.2) is 0 Å². The number of carbonyl (C=O) groups excluding carboxylic acids is 3. The van der Waals surface area contributed by atoms with Gasteiger partial charge >= 0.3 is 0 Å². The summed E-state index contributed by atoms with van der Waals surface area (Å²) in [5, 5.41) is 4.76. The Morgan fingerprint density at radius 1 is 1.08 bits per heavy atom. The SMILES string of the molecule is O=C(Cc1cccs1)Nc1ccc2c(c1)C(=O)N(C1CCCCC1)C2=O. The monoisotopic (exact) mass is 368 g/mol. The molecule has 2 aliphatic rings. The summed E-state index contributed by atoms with van der Waals surface area (Å²) in [6.07, 6.45) is 5.35. The van der Waals surface area contributed by atoms with E-state index < -0.39 is 0 Å². The molecule has 0 unspecified atom stereocenters. The van der Waals surface area contributed by atoms with Gasteiger partial charge in [0.25, 0.3) is 11.8 Å². The summed E-state index contributed by atoms with van der Waals surface area (Å²) < 4.78 is 0. The van der Waals surface area contributed by atoms with E-state index in [1.165, 1.54) is 22.7 Å². The van der Waals surface area contributed by atoms with Crippen LogP contribution in [0.15, 0.2) is 35.7 Å². The van der Waals surface area contributed by atoms with Crippen LogP contribution in [0.25, 0.3) is 0 Å². The molecule has 0 spiro atoms. The highest BCUT2D eigenvalue weighted by Gasteiger charge is 2.40. The van der Waals surface area contributed by atoms with Gasteiger partial charge in [-0.15, -0.1) is 11.3 Å². The van der Waals surface area contributed by atoms with Crippen molar-refractivity contribution < 1.29 is 14.4 Å². The van der Waals surface area contributed by atoms with Crippen molar-refractivity contribution in [1.29, 1.82) is 0 Å². The second kappa shape index (κ2) is 7.03. The number of hydrogen-bond donors (Lipinski definition) is 1. The maximum atomic E-state index is 12.8. The van der Waals surface area contributed by atoms with E-state index >= 15 is 0 Å². The highest BCUT2D eigenvalue weighted by molar-refractivity contribution is 7.10. The molecule has 1 saturated carbocycles. The third-order valence-corrected chi connectivity index (χ3v) is 5.93. The van der Waals surface area contributed by atoms with E-state index in [1.807, 2.05) is 17.5 Å². The van der Waals surface area contributed by atoms with Crippen molar-refractivity contribution in [3.63, 3.8) is 0 Å². The largest absolute Gasteiger partial charge is 0.326 e. The van der Waals surface area contributed by atoms with E-state index in [9.17, 15) is 14.4 Å². The van der Waals surface area contributed by atoms with Gasteiger partial charge in [-0.1, -0.05) is 25.3 Å². The molecule has 6 heteroatoms. The van der Waals surface area contributed by atoms with Gasteiger partial charge in [0, 0.05) is 16.6 Å². The minimum absolute atomic E-state index is 0.00743. The van der Waals surface area contributed by atoms with Crippen molar-refractivity contribution in [2.75, 3.05) is 5.32 Å². The Hall–Kier alpha value is -2.47. The first-order chi connectivity index (χ1) is 12.6. The molecule has 2 heterocycles. The predicted octanol–water partition coefficient (Wildman–Crippen LogP) is 3.86. The van der Waals surface area contributed by atoms with Crippen molar-refractivity contribution in [2.24, 2.45) is 0 Å². The smallest absolute Gasteiger partial charge is 0.261 e. The molecule has 3 amide bonds. The van der Waals surface area contributed by atoms with Gasteiger partial charge in [0.2, 0.25) is 5.91 Å². The summed E-state index contributed by atoms with van der Waals surface area (Å²) in [6.45, 7) is 0. The van der Waals surface area contributed by atoms with E-state index in [4.69, 9.17) is 0 Å². The molecule has 1 aliphatic carbocycles. The molecule has 0 bridgehead atoms. The molecule has 1 aliphatic heterocycles. The number of nitrogens with one attached hydrogen (secondary N) is 1. The molecule has 5 nitrogen and oxygen atoms in total. The molecule has 0 radical (unpaired) electrons. The Bertz CT molecular complexity index is 854. The zero-order valence-electron chi connectivity index (χ0n) is 14.4. The average Bonchev–Trinajstić information content (AvgIpc) is 3.23. The van der Waals surface area contributed by atoms with Gasteiger partial charge in [-0.2, -0.15) is 0 Å². The summed E-state index contributed by atoms with van der Waals surface area (Å²) in [6, 6.07) is 8.81. The number of hydrogen-bond acceptors (Lipinski definition) is 4. The molecular formula is C20H20N2O3S. The summed E-state index contributed by atoms with van der Waals surface area (Å²) in [7, 11) is 0. The van der Waals surface area contributed by atoms with Crippen LogP contribution >= 0.6 is 11.3 Å². The zero-order chi connectivity index (χ0) is 18.1. The van der Waals surface area contributed by atoms with Crippen LogP contribution in [0, 0.1) is 0 Å². The van der Waals surface area contributed by atoms with Crippen molar-refractivity contribution in [3.05, 3.63) is 51.7 Å². The van der Waals surface area contributed by atoms with E-state index in [1.54, 1.807) is 18.2 Å². The topological polar surface area (TPSA) is 66.5 Å². The van der Waals surface area contributed by atoms with E-state index in [0.717, 1.165) is 30.6 Å². The molecule has 1 N–H and O–H groups in total. The minimum atomic E-state index is -0.230. The first-order valence-corrected chi connectivity index (χ1v) is 9.85. The lowest BCUT2D eigenvalue weighted by molar-refractivity contribution is -0.115. The highest BCUT2D eigenvalue weighted by atomic mass is 32.1. The summed E-state index contributed by atoms with van der Waals surface area (Å²) >= 11 is 1.53. The van der Waals surface area contributed by atoms with Crippen LogP contribution in [-0.2, 0) is 11.2 Å². The first kappa shape index (κ1) is 17.0. The van der Waals surface area contributed by atoms with E-state index in [2.05, 4.69) is 5.32 Å². The fourth-order valence-electron chi connectivity index (χ4n) is 3.78. The van der Waals surface area contributed by atoms with Crippen LogP contribution in [0.1, 0.15) is 57.7 Å². The predicted molar refractivity (Wildman–Crippen MR) is 100 cm³/mol. The normalized spacial score (nSPS) is 17.5. The summed E-state index contributed by atoms with van der Waals surface area (Å²) in [5.41, 5.74) is 1.39. The Balaban J connectivity index is 1.51. The fraction of sp³-hybridized carbons (Fsp3) is 0.350. The van der Waals surface area contributed by atoms with Gasteiger partial charge in [0.1, 0.15) is 0 Å². The van der Waals surface area contributed by atoms with Crippen LogP contribution in [0.3, 0.4) is 0 Å². The number of nitrogens with zero attached hydrogens (tertiary/aromatic N) is 1. The van der Waals surface area contributed by atoms with Crippen LogP contribution in [0.4, 0.5) is 5.69 Å². The summed E-state index contributed by atoms with van der Waals surface area (Å²) in [4.78, 5) is 40.1. The number of amides is 3. The fourth-order valence-corrected chi connectivity index (χ4v) is 4.49. The van der Waals surface area contributed by atoms with E-state index in [-0.39, 0.29) is 23.8 Å². The third kappa shape index (κ3) is 3.17. The average molecular weight is 368 g/mol. The van der Waals surface area contributed by atoms with Crippen LogP contribution in [-0.4, -0.2) is 28.7 Å². The second-order valence-electron chi connectivity index (χ2n) is 6.84. The molecule has 2 aromatic rings. The number of anilines is 1. The highest BCUT2D eigenvalue weighted by Crippen LogP contribution is 2.32. The molecule has 4 rings (SSSR count). The Morgan fingerprint density at radius 3 is 2.58 bits per heavy atom. The molecular weight excluding hydrogens is 348 g/mol. The van der Waals surface area contributed by atoms with Gasteiger partial charge in [-0.05, 0) is 42.5 Å². The van der Waals surface area contributed by atoms with Gasteiger partial charge < -0.3 is 5.32 Å². The standard InChI is InChI=1S/C20H20N2O3S/c23-18(12-15-7-4-10-26-15)21-13-8-9-16-17(11-13)20(25)22(19(16)24)14-5-2-1-3-6-14/h4,7-11,14H,1-3,5-6,12H2,(H,21,23). The maximum Gasteiger partial charge on any atom is 0.261 e. The lowest BCUT2D eigenvalue weighted by atomic mass is 9.94. The lowest BCUT2D eigenvalue weighted by Crippen LogP contribution is -2.40. The zero-order valence-corrected chi connectivity index (χ0v) is 15.2. The molecule has 1 fully saturated rings. The van der Waals surface area contributed by atoms with Crippen LogP contribution in [0.2, 0.25) is 0 Å². The number of benzene rings is 1. The lowest BCUT2D eigenvalue weighted by Gasteiger charge is -2.29. The molecule has 26 heavy (non-hydrogen) atoms. The van der Waals surface area contributed by atoms with Crippen molar-refractivity contribution in [3.8, 4) is 0 Å². The second-order valence-corrected chi connectivity index (χ2v) is 7.87. The number of thiophene rings is 1. The molecule has 0 saturated heterocycles. The van der Waals surface area contributed by atoms with Gasteiger partial charge in [0.05, 0.1) is 17.5 Å². The Morgan fingerprint density at radius 2 is 1.85 bits per heavy atom.